The van der Waals surface area contributed by atoms with E-state index >= 15 is 0 Å². The summed E-state index contributed by atoms with van der Waals surface area (Å²) in [5.41, 5.74) is 1.97. The number of halogens is 2. The lowest BCUT2D eigenvalue weighted by molar-refractivity contribution is -0.139. The summed E-state index contributed by atoms with van der Waals surface area (Å²) in [4.78, 5) is 31.6. The first-order valence-electron chi connectivity index (χ1n) is 10.4. The molecule has 2 aliphatic heterocycles. The maximum absolute atomic E-state index is 13.6. The Bertz CT molecular complexity index is 1520. The first-order valence-corrected chi connectivity index (χ1v) is 12.4. The monoisotopic (exact) mass is 560 g/mol. The smallest absolute Gasteiger partial charge is 0.338 e. The summed E-state index contributed by atoms with van der Waals surface area (Å²) in [5.74, 6) is 0.634. The third kappa shape index (κ3) is 3.97. The lowest BCUT2D eigenvalue weighted by Gasteiger charge is -2.24. The predicted octanol–water partition coefficient (Wildman–Crippen LogP) is 3.94. The number of benzene rings is 2. The molecule has 0 fully saturated rings. The third-order valence-corrected chi connectivity index (χ3v) is 7.32. The molecule has 34 heavy (non-hydrogen) atoms. The van der Waals surface area contributed by atoms with E-state index in [2.05, 4.69) is 20.9 Å². The van der Waals surface area contributed by atoms with Gasteiger partial charge < -0.3 is 14.2 Å². The van der Waals surface area contributed by atoms with Gasteiger partial charge in [0.25, 0.3) is 5.56 Å². The molecule has 1 atom stereocenters. The van der Waals surface area contributed by atoms with Gasteiger partial charge in [-0.05, 0) is 49.2 Å². The van der Waals surface area contributed by atoms with Gasteiger partial charge in [0.2, 0.25) is 6.79 Å². The molecular weight excluding hydrogens is 544 g/mol. The lowest BCUT2D eigenvalue weighted by Crippen LogP contribution is -2.39. The van der Waals surface area contributed by atoms with Crippen molar-refractivity contribution in [2.24, 2.45) is 4.99 Å². The van der Waals surface area contributed by atoms with E-state index in [1.54, 1.807) is 36.6 Å². The van der Waals surface area contributed by atoms with Gasteiger partial charge >= 0.3 is 5.97 Å². The van der Waals surface area contributed by atoms with E-state index in [4.69, 9.17) is 25.8 Å². The average molecular weight is 562 g/mol. The summed E-state index contributed by atoms with van der Waals surface area (Å²) in [6.07, 6.45) is 1.70. The zero-order valence-corrected chi connectivity index (χ0v) is 21.3. The molecule has 2 aromatic carbocycles. The highest BCUT2D eigenvalue weighted by molar-refractivity contribution is 9.10. The summed E-state index contributed by atoms with van der Waals surface area (Å²) in [6, 6.07) is 10.2. The van der Waals surface area contributed by atoms with E-state index in [9.17, 15) is 9.59 Å². The number of ether oxygens (including phenoxy) is 3. The molecule has 0 saturated carbocycles. The number of fused-ring (bicyclic) bond motifs is 2. The van der Waals surface area contributed by atoms with Crippen molar-refractivity contribution < 1.29 is 19.0 Å². The van der Waals surface area contributed by atoms with Crippen LogP contribution < -0.4 is 24.4 Å². The Kier molecular flexibility index (Phi) is 6.09. The Morgan fingerprint density at radius 3 is 2.71 bits per heavy atom. The van der Waals surface area contributed by atoms with Crippen molar-refractivity contribution in [3.8, 4) is 11.5 Å². The number of rotatable bonds is 4. The minimum atomic E-state index is -0.669. The molecule has 0 radical (unpaired) electrons. The highest BCUT2D eigenvalue weighted by Crippen LogP contribution is 2.37. The molecule has 0 aliphatic carbocycles. The molecule has 3 aromatic rings. The van der Waals surface area contributed by atoms with Gasteiger partial charge in [0.05, 0.1) is 33.5 Å². The van der Waals surface area contributed by atoms with E-state index in [0.717, 1.165) is 10.0 Å². The van der Waals surface area contributed by atoms with Crippen LogP contribution in [-0.2, 0) is 9.53 Å². The maximum atomic E-state index is 13.6. The summed E-state index contributed by atoms with van der Waals surface area (Å²) >= 11 is 11.1. The standard InChI is InChI=1S/C24H18BrClN2O5S/c1-3-31-23(30)20-12(2)27-24-28(21(20)13-4-6-15(25)7-5-13)22(29)19(34-24)9-14-8-17-18(10-16(14)26)33-11-32-17/h4-10,21H,3,11H2,1-2H3/b19-9-. The molecule has 10 heteroatoms. The van der Waals surface area contributed by atoms with Crippen LogP contribution in [-0.4, -0.2) is 23.9 Å². The molecule has 3 heterocycles. The molecule has 5 rings (SSSR count). The summed E-state index contributed by atoms with van der Waals surface area (Å²) in [7, 11) is 0. The number of carbonyl (C=O) groups excluding carboxylic acids is 1. The number of hydrogen-bond acceptors (Lipinski definition) is 7. The van der Waals surface area contributed by atoms with Crippen molar-refractivity contribution in [1.82, 2.24) is 4.57 Å². The van der Waals surface area contributed by atoms with Gasteiger partial charge in [0.1, 0.15) is 0 Å². The molecule has 174 valence electrons. The summed E-state index contributed by atoms with van der Waals surface area (Å²) in [6.45, 7) is 3.84. The fraction of sp³-hybridized carbons (Fsp3) is 0.208. The van der Waals surface area contributed by atoms with Crippen LogP contribution in [0.3, 0.4) is 0 Å². The zero-order valence-electron chi connectivity index (χ0n) is 18.1. The van der Waals surface area contributed by atoms with E-state index < -0.39 is 12.0 Å². The lowest BCUT2D eigenvalue weighted by atomic mass is 9.96. The largest absolute Gasteiger partial charge is 0.463 e. The second-order valence-corrected chi connectivity index (χ2v) is 9.91. The highest BCUT2D eigenvalue weighted by Gasteiger charge is 2.33. The van der Waals surface area contributed by atoms with Gasteiger partial charge in [-0.1, -0.05) is 51.0 Å². The molecular formula is C24H18BrClN2O5S. The predicted molar refractivity (Wildman–Crippen MR) is 132 cm³/mol. The maximum Gasteiger partial charge on any atom is 0.338 e. The van der Waals surface area contributed by atoms with Gasteiger partial charge in [-0.3, -0.25) is 9.36 Å². The van der Waals surface area contributed by atoms with Crippen LogP contribution in [0.1, 0.15) is 31.0 Å². The third-order valence-electron chi connectivity index (χ3n) is 5.48. The first-order chi connectivity index (χ1) is 16.4. The molecule has 1 aromatic heterocycles. The molecule has 1 unspecified atom stereocenters. The zero-order chi connectivity index (χ0) is 24.0. The summed E-state index contributed by atoms with van der Waals surface area (Å²) in [5, 5.41) is 0.433. The molecule has 0 saturated heterocycles. The quantitative estimate of drug-likeness (QED) is 0.451. The second kappa shape index (κ2) is 9.05. The first kappa shape index (κ1) is 22.9. The van der Waals surface area contributed by atoms with Crippen LogP contribution in [0.25, 0.3) is 6.08 Å². The molecule has 0 spiro atoms. The van der Waals surface area contributed by atoms with Crippen molar-refractivity contribution in [3.63, 3.8) is 0 Å². The van der Waals surface area contributed by atoms with Crippen molar-refractivity contribution in [2.45, 2.75) is 19.9 Å². The van der Waals surface area contributed by atoms with Crippen molar-refractivity contribution >= 4 is 50.9 Å². The Balaban J connectivity index is 1.71. The topological polar surface area (TPSA) is 79.1 Å². The SMILES string of the molecule is CCOC(=O)C1=C(C)N=c2s/c(=C\c3cc4c(cc3Cl)OCO4)c(=O)n2C1c1ccc(Br)cc1. The molecule has 0 bridgehead atoms. The Labute approximate surface area is 211 Å². The highest BCUT2D eigenvalue weighted by atomic mass is 79.9. The number of carbonyl (C=O) groups is 1. The number of allylic oxidation sites excluding steroid dienone is 1. The van der Waals surface area contributed by atoms with Gasteiger partial charge in [-0.2, -0.15) is 0 Å². The summed E-state index contributed by atoms with van der Waals surface area (Å²) < 4.78 is 19.0. The second-order valence-electron chi connectivity index (χ2n) is 7.58. The Morgan fingerprint density at radius 2 is 2.00 bits per heavy atom. The van der Waals surface area contributed by atoms with Crippen LogP contribution in [0.2, 0.25) is 5.02 Å². The fourth-order valence-electron chi connectivity index (χ4n) is 3.94. The van der Waals surface area contributed by atoms with E-state index in [0.29, 0.717) is 42.7 Å². The number of hydrogen-bond donors (Lipinski definition) is 0. The number of esters is 1. The number of thiazole rings is 1. The molecule has 0 amide bonds. The van der Waals surface area contributed by atoms with Crippen LogP contribution in [0.5, 0.6) is 11.5 Å². The Hall–Kier alpha value is -2.88. The molecule has 0 N–H and O–H groups in total. The van der Waals surface area contributed by atoms with Gasteiger partial charge in [-0.25, -0.2) is 9.79 Å². The van der Waals surface area contributed by atoms with Crippen molar-refractivity contribution in [1.29, 1.82) is 0 Å². The number of nitrogens with zero attached hydrogens (tertiary/aromatic N) is 2. The fourth-order valence-corrected chi connectivity index (χ4v) is 5.45. The minimum absolute atomic E-state index is 0.125. The van der Waals surface area contributed by atoms with Crippen LogP contribution in [0, 0.1) is 0 Å². The molecule has 7 nitrogen and oxygen atoms in total. The van der Waals surface area contributed by atoms with E-state index in [1.807, 2.05) is 24.3 Å². The average Bonchev–Trinajstić information content (AvgIpc) is 3.37. The van der Waals surface area contributed by atoms with E-state index in [1.165, 1.54) is 11.3 Å². The Morgan fingerprint density at radius 1 is 1.29 bits per heavy atom. The normalized spacial score (nSPS) is 16.9. The van der Waals surface area contributed by atoms with E-state index in [-0.39, 0.29) is 19.0 Å². The van der Waals surface area contributed by atoms with Crippen molar-refractivity contribution in [3.05, 3.63) is 88.0 Å². The minimum Gasteiger partial charge on any atom is -0.463 e. The van der Waals surface area contributed by atoms with Crippen LogP contribution >= 0.6 is 38.9 Å². The van der Waals surface area contributed by atoms with Gasteiger partial charge in [-0.15, -0.1) is 0 Å². The van der Waals surface area contributed by atoms with Crippen LogP contribution in [0.4, 0.5) is 0 Å². The van der Waals surface area contributed by atoms with Gasteiger partial charge in [0.15, 0.2) is 16.3 Å². The number of aromatic nitrogens is 1. The van der Waals surface area contributed by atoms with Crippen molar-refractivity contribution in [2.75, 3.05) is 13.4 Å². The van der Waals surface area contributed by atoms with Crippen LogP contribution in [0.15, 0.2) is 61.9 Å². The van der Waals surface area contributed by atoms with Gasteiger partial charge in [0, 0.05) is 10.5 Å². The molecule has 2 aliphatic rings.